The first-order valence-electron chi connectivity index (χ1n) is 9.71. The lowest BCUT2D eigenvalue weighted by Crippen LogP contribution is -2.10. The molecule has 3 aromatic carbocycles. The predicted octanol–water partition coefficient (Wildman–Crippen LogP) is 4.20. The van der Waals surface area contributed by atoms with E-state index in [0.29, 0.717) is 12.2 Å². The number of benzene rings is 3. The van der Waals surface area contributed by atoms with Gasteiger partial charge in [-0.05, 0) is 48.4 Å². The summed E-state index contributed by atoms with van der Waals surface area (Å²) in [5, 5.41) is 0. The highest BCUT2D eigenvalue weighted by molar-refractivity contribution is 5.92. The molecule has 0 spiro atoms. The lowest BCUT2D eigenvalue weighted by Gasteiger charge is -2.10. The van der Waals surface area contributed by atoms with Gasteiger partial charge in [-0.3, -0.25) is 4.79 Å². The minimum Gasteiger partial charge on any atom is -0.494 e. The van der Waals surface area contributed by atoms with Crippen molar-refractivity contribution in [3.8, 4) is 5.75 Å². The van der Waals surface area contributed by atoms with Crippen LogP contribution in [-0.4, -0.2) is 22.1 Å². The van der Waals surface area contributed by atoms with Gasteiger partial charge in [0.25, 0.3) is 0 Å². The van der Waals surface area contributed by atoms with Gasteiger partial charge in [-0.15, -0.1) is 0 Å². The highest BCUT2D eigenvalue weighted by Crippen LogP contribution is 2.19. The molecular weight excluding hydrogens is 362 g/mol. The van der Waals surface area contributed by atoms with Gasteiger partial charge in [-0.2, -0.15) is 0 Å². The third-order valence-corrected chi connectivity index (χ3v) is 4.87. The number of rotatable bonds is 8. The fourth-order valence-corrected chi connectivity index (χ4v) is 3.39. The molecule has 0 aliphatic rings. The molecule has 1 amide bonds. The molecule has 4 aromatic rings. The fourth-order valence-electron chi connectivity index (χ4n) is 3.39. The summed E-state index contributed by atoms with van der Waals surface area (Å²) in [7, 11) is 0. The second-order valence-corrected chi connectivity index (χ2v) is 6.93. The Labute approximate surface area is 169 Å². The molecule has 0 bridgehead atoms. The zero-order valence-corrected chi connectivity index (χ0v) is 16.1. The maximum Gasteiger partial charge on any atom is 0.248 e. The average Bonchev–Trinajstić information content (AvgIpc) is 3.10. The third-order valence-electron chi connectivity index (χ3n) is 4.87. The van der Waals surface area contributed by atoms with Crippen molar-refractivity contribution in [2.45, 2.75) is 19.4 Å². The summed E-state index contributed by atoms with van der Waals surface area (Å²) in [6.07, 6.45) is 1.66. The Morgan fingerprint density at radius 1 is 0.931 bits per heavy atom. The summed E-state index contributed by atoms with van der Waals surface area (Å²) >= 11 is 0. The van der Waals surface area contributed by atoms with Crippen molar-refractivity contribution in [2.24, 2.45) is 5.73 Å². The summed E-state index contributed by atoms with van der Waals surface area (Å²) in [5.74, 6) is 1.35. The van der Waals surface area contributed by atoms with Gasteiger partial charge in [0.05, 0.1) is 17.6 Å². The van der Waals surface area contributed by atoms with E-state index in [1.54, 1.807) is 24.3 Å². The van der Waals surface area contributed by atoms with E-state index in [2.05, 4.69) is 41.0 Å². The Hall–Kier alpha value is -3.60. The van der Waals surface area contributed by atoms with Crippen LogP contribution in [0, 0.1) is 0 Å². The number of primary amides is 1. The number of hydrogen-bond acceptors (Lipinski definition) is 3. The first-order chi connectivity index (χ1) is 14.2. The topological polar surface area (TPSA) is 70.1 Å². The SMILES string of the molecule is NC(=O)c1ccc(OCCCc2nc3ccccc3n2Cc2ccccc2)cc1. The number of carbonyl (C=O) groups excluding carboxylic acids is 1. The second-order valence-electron chi connectivity index (χ2n) is 6.93. The number of para-hydroxylation sites is 2. The highest BCUT2D eigenvalue weighted by atomic mass is 16.5. The number of carbonyl (C=O) groups is 1. The lowest BCUT2D eigenvalue weighted by molar-refractivity contribution is 0.100. The smallest absolute Gasteiger partial charge is 0.248 e. The Balaban J connectivity index is 1.43. The average molecular weight is 385 g/mol. The molecule has 0 unspecified atom stereocenters. The normalized spacial score (nSPS) is 10.9. The van der Waals surface area contributed by atoms with Gasteiger partial charge in [0, 0.05) is 18.5 Å². The van der Waals surface area contributed by atoms with Crippen LogP contribution < -0.4 is 10.5 Å². The number of amides is 1. The molecule has 0 saturated carbocycles. The molecule has 5 heteroatoms. The van der Waals surface area contributed by atoms with Gasteiger partial charge in [-0.25, -0.2) is 4.98 Å². The number of nitrogens with zero attached hydrogens (tertiary/aromatic N) is 2. The van der Waals surface area contributed by atoms with Crippen LogP contribution in [0.1, 0.15) is 28.2 Å². The van der Waals surface area contributed by atoms with Crippen molar-refractivity contribution in [3.63, 3.8) is 0 Å². The number of ether oxygens (including phenoxy) is 1. The maximum absolute atomic E-state index is 11.1. The van der Waals surface area contributed by atoms with Crippen LogP contribution in [-0.2, 0) is 13.0 Å². The van der Waals surface area contributed by atoms with Crippen LogP contribution >= 0.6 is 0 Å². The van der Waals surface area contributed by atoms with E-state index >= 15 is 0 Å². The number of aryl methyl sites for hydroxylation is 1. The molecule has 0 aliphatic heterocycles. The molecule has 0 atom stereocenters. The van der Waals surface area contributed by atoms with Gasteiger partial charge in [0.15, 0.2) is 0 Å². The number of aromatic nitrogens is 2. The molecule has 1 heterocycles. The van der Waals surface area contributed by atoms with Crippen molar-refractivity contribution in [3.05, 3.63) is 95.8 Å². The number of nitrogens with two attached hydrogens (primary N) is 1. The molecule has 0 aliphatic carbocycles. The summed E-state index contributed by atoms with van der Waals surface area (Å²) in [4.78, 5) is 16.0. The van der Waals surface area contributed by atoms with E-state index in [-0.39, 0.29) is 0 Å². The second kappa shape index (κ2) is 8.61. The fraction of sp³-hybridized carbons (Fsp3) is 0.167. The zero-order valence-electron chi connectivity index (χ0n) is 16.1. The molecule has 29 heavy (non-hydrogen) atoms. The molecule has 0 saturated heterocycles. The Bertz CT molecular complexity index is 1100. The maximum atomic E-state index is 11.1. The summed E-state index contributed by atoms with van der Waals surface area (Å²) in [6.45, 7) is 1.37. The quantitative estimate of drug-likeness (QED) is 0.462. The Kier molecular flexibility index (Phi) is 5.56. The molecule has 0 fully saturated rings. The van der Waals surface area contributed by atoms with Gasteiger partial charge >= 0.3 is 0 Å². The molecule has 1 aromatic heterocycles. The summed E-state index contributed by atoms with van der Waals surface area (Å²) in [5.41, 5.74) is 9.16. The largest absolute Gasteiger partial charge is 0.494 e. The monoisotopic (exact) mass is 385 g/mol. The van der Waals surface area contributed by atoms with E-state index < -0.39 is 5.91 Å². The van der Waals surface area contributed by atoms with Crippen molar-refractivity contribution < 1.29 is 9.53 Å². The van der Waals surface area contributed by atoms with Gasteiger partial charge in [0.2, 0.25) is 5.91 Å². The first-order valence-corrected chi connectivity index (χ1v) is 9.71. The van der Waals surface area contributed by atoms with E-state index in [9.17, 15) is 4.79 Å². The van der Waals surface area contributed by atoms with E-state index in [0.717, 1.165) is 42.0 Å². The highest BCUT2D eigenvalue weighted by Gasteiger charge is 2.11. The van der Waals surface area contributed by atoms with E-state index in [4.69, 9.17) is 15.5 Å². The standard InChI is InChI=1S/C24H23N3O2/c25-24(28)19-12-14-20(15-13-19)29-16-6-11-23-26-21-9-4-5-10-22(21)27(23)17-18-7-2-1-3-8-18/h1-5,7-10,12-15H,6,11,16-17H2,(H2,25,28). The van der Waals surface area contributed by atoms with Crippen molar-refractivity contribution >= 4 is 16.9 Å². The first kappa shape index (κ1) is 18.7. The Morgan fingerprint density at radius 2 is 1.66 bits per heavy atom. The van der Waals surface area contributed by atoms with Crippen molar-refractivity contribution in [1.29, 1.82) is 0 Å². The van der Waals surface area contributed by atoms with Crippen LogP contribution in [0.2, 0.25) is 0 Å². The molecule has 4 rings (SSSR count). The lowest BCUT2D eigenvalue weighted by atomic mass is 10.2. The van der Waals surface area contributed by atoms with Crippen LogP contribution in [0.5, 0.6) is 5.75 Å². The van der Waals surface area contributed by atoms with E-state index in [1.807, 2.05) is 18.2 Å². The zero-order chi connectivity index (χ0) is 20.1. The number of imidazole rings is 1. The third kappa shape index (κ3) is 4.46. The summed E-state index contributed by atoms with van der Waals surface area (Å²) < 4.78 is 8.09. The van der Waals surface area contributed by atoms with Crippen molar-refractivity contribution in [1.82, 2.24) is 9.55 Å². The molecule has 2 N–H and O–H groups in total. The summed E-state index contributed by atoms with van der Waals surface area (Å²) in [6, 6.07) is 25.6. The van der Waals surface area contributed by atoms with Crippen LogP contribution in [0.25, 0.3) is 11.0 Å². The minimum absolute atomic E-state index is 0.436. The Morgan fingerprint density at radius 3 is 2.41 bits per heavy atom. The van der Waals surface area contributed by atoms with E-state index in [1.165, 1.54) is 5.56 Å². The van der Waals surface area contributed by atoms with Gasteiger partial charge in [-0.1, -0.05) is 42.5 Å². The molecule has 146 valence electrons. The molecule has 5 nitrogen and oxygen atoms in total. The molecular formula is C24H23N3O2. The van der Waals surface area contributed by atoms with Gasteiger partial charge < -0.3 is 15.0 Å². The van der Waals surface area contributed by atoms with Crippen LogP contribution in [0.15, 0.2) is 78.9 Å². The minimum atomic E-state index is -0.436. The number of fused-ring (bicyclic) bond motifs is 1. The van der Waals surface area contributed by atoms with Crippen LogP contribution in [0.4, 0.5) is 0 Å². The van der Waals surface area contributed by atoms with Gasteiger partial charge in [0.1, 0.15) is 11.6 Å². The predicted molar refractivity (Wildman–Crippen MR) is 114 cm³/mol. The van der Waals surface area contributed by atoms with Crippen LogP contribution in [0.3, 0.4) is 0 Å². The molecule has 0 radical (unpaired) electrons. The van der Waals surface area contributed by atoms with Crippen molar-refractivity contribution in [2.75, 3.05) is 6.61 Å². The number of hydrogen-bond donors (Lipinski definition) is 1.